The van der Waals surface area contributed by atoms with Gasteiger partial charge in [-0.1, -0.05) is 12.8 Å². The van der Waals surface area contributed by atoms with E-state index in [9.17, 15) is 9.59 Å². The number of oxazole rings is 1. The lowest BCUT2D eigenvalue weighted by Crippen LogP contribution is -2.36. The summed E-state index contributed by atoms with van der Waals surface area (Å²) in [6.45, 7) is 2.17. The molecule has 1 aliphatic heterocycles. The molecule has 0 aromatic carbocycles. The van der Waals surface area contributed by atoms with Crippen molar-refractivity contribution in [2.45, 2.75) is 76.7 Å². The van der Waals surface area contributed by atoms with E-state index < -0.39 is 0 Å². The third-order valence-electron chi connectivity index (χ3n) is 7.26. The van der Waals surface area contributed by atoms with E-state index in [4.69, 9.17) is 4.42 Å². The van der Waals surface area contributed by atoms with Crippen molar-refractivity contribution in [3.63, 3.8) is 0 Å². The molecule has 30 heavy (non-hydrogen) atoms. The van der Waals surface area contributed by atoms with Gasteiger partial charge in [0.1, 0.15) is 11.8 Å². The van der Waals surface area contributed by atoms with Crippen molar-refractivity contribution in [3.05, 3.63) is 16.8 Å². The zero-order valence-electron chi connectivity index (χ0n) is 18.0. The summed E-state index contributed by atoms with van der Waals surface area (Å²) in [6, 6.07) is -0.199. The van der Waals surface area contributed by atoms with Crippen LogP contribution in [0.5, 0.6) is 0 Å². The van der Waals surface area contributed by atoms with Gasteiger partial charge >= 0.3 is 0 Å². The van der Waals surface area contributed by atoms with Crippen molar-refractivity contribution < 1.29 is 14.0 Å². The Labute approximate surface area is 187 Å². The van der Waals surface area contributed by atoms with Gasteiger partial charge in [0.25, 0.3) is 0 Å². The van der Waals surface area contributed by atoms with Crippen LogP contribution in [0.15, 0.2) is 15.3 Å². The average Bonchev–Trinajstić information content (AvgIpc) is 3.62. The van der Waals surface area contributed by atoms with E-state index in [1.165, 1.54) is 12.8 Å². The standard InChI is InChI=1S/C23H34BrN3O3/c1-27-11-9-23(10-12-27)14-18(23)21(29)26-19(22-25-15-20(24)30-22)6-4-2-3-5-17(28)13-16-7-8-16/h15-16,18-19H,2-14H2,1H3,(H,26,29)/t18-,19+/m1/s1. The molecule has 4 rings (SSSR count). The summed E-state index contributed by atoms with van der Waals surface area (Å²) in [7, 11) is 2.15. The highest BCUT2D eigenvalue weighted by molar-refractivity contribution is 9.10. The topological polar surface area (TPSA) is 75.4 Å². The Hall–Kier alpha value is -1.21. The summed E-state index contributed by atoms with van der Waals surface area (Å²) in [6.07, 6.45) is 12.5. The highest BCUT2D eigenvalue weighted by atomic mass is 79.9. The largest absolute Gasteiger partial charge is 0.432 e. The van der Waals surface area contributed by atoms with Gasteiger partial charge in [0, 0.05) is 18.8 Å². The molecule has 1 N–H and O–H groups in total. The first-order valence-electron chi connectivity index (χ1n) is 11.6. The van der Waals surface area contributed by atoms with Crippen LogP contribution in [-0.2, 0) is 9.59 Å². The zero-order valence-corrected chi connectivity index (χ0v) is 19.6. The van der Waals surface area contributed by atoms with Gasteiger partial charge in [-0.05, 0) is 92.3 Å². The summed E-state index contributed by atoms with van der Waals surface area (Å²) < 4.78 is 6.26. The Balaban J connectivity index is 1.24. The van der Waals surface area contributed by atoms with Crippen LogP contribution >= 0.6 is 15.9 Å². The van der Waals surface area contributed by atoms with Gasteiger partial charge in [-0.2, -0.15) is 0 Å². The van der Waals surface area contributed by atoms with Crippen LogP contribution in [0.25, 0.3) is 0 Å². The number of piperidine rings is 1. The van der Waals surface area contributed by atoms with Crippen molar-refractivity contribution in [3.8, 4) is 0 Å². The number of nitrogens with one attached hydrogen (secondary N) is 1. The molecule has 1 amide bonds. The Bertz CT molecular complexity index is 753. The van der Waals surface area contributed by atoms with Crippen LogP contribution in [-0.4, -0.2) is 41.7 Å². The zero-order chi connectivity index (χ0) is 21.1. The summed E-state index contributed by atoms with van der Waals surface area (Å²) >= 11 is 3.32. The molecule has 2 saturated carbocycles. The van der Waals surface area contributed by atoms with E-state index in [0.717, 1.165) is 64.5 Å². The number of unbranched alkanes of at least 4 members (excludes halogenated alkanes) is 2. The maximum absolute atomic E-state index is 13.0. The number of nitrogens with zero attached hydrogens (tertiary/aromatic N) is 2. The fourth-order valence-electron chi connectivity index (χ4n) is 4.89. The number of aromatic nitrogens is 1. The van der Waals surface area contributed by atoms with E-state index in [1.54, 1.807) is 6.20 Å². The molecule has 166 valence electrons. The molecule has 2 atom stereocenters. The monoisotopic (exact) mass is 479 g/mol. The minimum absolute atomic E-state index is 0.132. The van der Waals surface area contributed by atoms with Gasteiger partial charge in [0.2, 0.25) is 11.8 Å². The summed E-state index contributed by atoms with van der Waals surface area (Å²) in [4.78, 5) is 31.6. The Morgan fingerprint density at radius 1 is 1.30 bits per heavy atom. The lowest BCUT2D eigenvalue weighted by Gasteiger charge is -2.30. The van der Waals surface area contributed by atoms with Crippen LogP contribution in [0.3, 0.4) is 0 Å². The first-order valence-corrected chi connectivity index (χ1v) is 12.4. The lowest BCUT2D eigenvalue weighted by atomic mass is 9.91. The molecule has 3 aliphatic rings. The second-order valence-corrected chi connectivity index (χ2v) is 10.6. The van der Waals surface area contributed by atoms with E-state index in [0.29, 0.717) is 28.7 Å². The quantitative estimate of drug-likeness (QED) is 0.467. The molecule has 1 aromatic rings. The van der Waals surface area contributed by atoms with E-state index in [1.807, 2.05) is 0 Å². The van der Waals surface area contributed by atoms with E-state index in [-0.39, 0.29) is 23.3 Å². The van der Waals surface area contributed by atoms with Gasteiger partial charge < -0.3 is 14.6 Å². The fourth-order valence-corrected chi connectivity index (χ4v) is 5.15. The second-order valence-electron chi connectivity index (χ2n) is 9.77. The van der Waals surface area contributed by atoms with Crippen LogP contribution in [0.4, 0.5) is 0 Å². The minimum atomic E-state index is -0.199. The first kappa shape index (κ1) is 22.0. The molecule has 7 heteroatoms. The predicted octanol–water partition coefficient (Wildman–Crippen LogP) is 4.65. The van der Waals surface area contributed by atoms with Crippen molar-refractivity contribution in [1.29, 1.82) is 0 Å². The lowest BCUT2D eigenvalue weighted by molar-refractivity contribution is -0.124. The highest BCUT2D eigenvalue weighted by Gasteiger charge is 2.58. The normalized spacial score (nSPS) is 24.0. The highest BCUT2D eigenvalue weighted by Crippen LogP contribution is 2.59. The maximum Gasteiger partial charge on any atom is 0.224 e. The van der Waals surface area contributed by atoms with Crippen molar-refractivity contribution >= 4 is 27.6 Å². The third-order valence-corrected chi connectivity index (χ3v) is 7.63. The number of hydrogen-bond donors (Lipinski definition) is 1. The summed E-state index contributed by atoms with van der Waals surface area (Å²) in [5, 5.41) is 3.23. The third kappa shape index (κ3) is 5.72. The number of likely N-dealkylation sites (tertiary alicyclic amines) is 1. The van der Waals surface area contributed by atoms with Crippen LogP contribution in [0, 0.1) is 17.3 Å². The summed E-state index contributed by atoms with van der Waals surface area (Å²) in [5.41, 5.74) is 0.222. The minimum Gasteiger partial charge on any atom is -0.432 e. The van der Waals surface area contributed by atoms with Crippen LogP contribution in [0.1, 0.15) is 82.6 Å². The molecule has 3 fully saturated rings. The molecule has 1 aromatic heterocycles. The Morgan fingerprint density at radius 3 is 2.73 bits per heavy atom. The molecule has 6 nitrogen and oxygen atoms in total. The van der Waals surface area contributed by atoms with Gasteiger partial charge in [-0.25, -0.2) is 4.98 Å². The molecule has 0 radical (unpaired) electrons. The van der Waals surface area contributed by atoms with E-state index in [2.05, 4.69) is 38.2 Å². The van der Waals surface area contributed by atoms with Gasteiger partial charge in [0.15, 0.2) is 4.67 Å². The number of hydrogen-bond acceptors (Lipinski definition) is 5. The fraction of sp³-hybridized carbons (Fsp3) is 0.783. The SMILES string of the molecule is CN1CCC2(CC1)C[C@@H]2C(=O)N[C@@H](CCCCCC(=O)CC1CC1)c1ncc(Br)o1. The van der Waals surface area contributed by atoms with Crippen LogP contribution in [0.2, 0.25) is 0 Å². The number of amides is 1. The number of Topliss-reactive ketones (excluding diaryl/α,β-unsaturated/α-hetero) is 1. The molecular weight excluding hydrogens is 446 g/mol. The molecular formula is C23H34BrN3O3. The van der Waals surface area contributed by atoms with Gasteiger partial charge in [-0.3, -0.25) is 9.59 Å². The van der Waals surface area contributed by atoms with Crippen molar-refractivity contribution in [1.82, 2.24) is 15.2 Å². The van der Waals surface area contributed by atoms with Crippen molar-refractivity contribution in [2.24, 2.45) is 17.3 Å². The number of carbonyl (C=O) groups is 2. The van der Waals surface area contributed by atoms with Crippen molar-refractivity contribution in [2.75, 3.05) is 20.1 Å². The Kier molecular flexibility index (Phi) is 6.98. The molecule has 1 saturated heterocycles. The Morgan fingerprint density at radius 2 is 2.07 bits per heavy atom. The molecule has 0 bridgehead atoms. The molecule has 2 aliphatic carbocycles. The van der Waals surface area contributed by atoms with E-state index >= 15 is 0 Å². The molecule has 2 heterocycles. The first-order chi connectivity index (χ1) is 14.4. The average molecular weight is 480 g/mol. The number of carbonyl (C=O) groups excluding carboxylic acids is 2. The smallest absolute Gasteiger partial charge is 0.224 e. The molecule has 0 unspecified atom stereocenters. The van der Waals surface area contributed by atoms with Crippen LogP contribution < -0.4 is 5.32 Å². The molecule has 1 spiro atoms. The van der Waals surface area contributed by atoms with Gasteiger partial charge in [0.05, 0.1) is 6.20 Å². The number of rotatable bonds is 11. The summed E-state index contributed by atoms with van der Waals surface area (Å²) in [5.74, 6) is 1.94. The second kappa shape index (κ2) is 9.51. The maximum atomic E-state index is 13.0. The van der Waals surface area contributed by atoms with Gasteiger partial charge in [-0.15, -0.1) is 0 Å². The predicted molar refractivity (Wildman–Crippen MR) is 118 cm³/mol. The number of halogens is 1. The number of ketones is 1.